The molecule has 1 N–H and O–H groups in total. The van der Waals surface area contributed by atoms with Crippen LogP contribution in [0, 0.1) is 17.0 Å². The van der Waals surface area contributed by atoms with Gasteiger partial charge in [0.15, 0.2) is 5.75 Å². The number of ether oxygens (including phenoxy) is 1. The lowest BCUT2D eigenvalue weighted by molar-refractivity contribution is -0.385. The number of nitrogens with zero attached hydrogens (tertiary/aromatic N) is 2. The maximum atomic E-state index is 11.3. The highest BCUT2D eigenvalue weighted by atomic mass is 16.6. The quantitative estimate of drug-likeness (QED) is 0.647. The predicted octanol–water partition coefficient (Wildman–Crippen LogP) is 3.46. The van der Waals surface area contributed by atoms with E-state index in [9.17, 15) is 10.1 Å². The molecule has 0 aliphatic carbocycles. The molecule has 21 heavy (non-hydrogen) atoms. The van der Waals surface area contributed by atoms with E-state index in [0.29, 0.717) is 23.9 Å². The molecular formula is C14H17N3O4. The van der Waals surface area contributed by atoms with Gasteiger partial charge in [0.05, 0.1) is 17.7 Å². The minimum atomic E-state index is -0.457. The summed E-state index contributed by atoms with van der Waals surface area (Å²) in [4.78, 5) is 14.9. The molecule has 7 nitrogen and oxygen atoms in total. The number of nitro groups is 1. The first-order chi connectivity index (χ1) is 10.0. The van der Waals surface area contributed by atoms with Crippen molar-refractivity contribution < 1.29 is 14.1 Å². The molecule has 0 fully saturated rings. The van der Waals surface area contributed by atoms with Crippen LogP contribution >= 0.6 is 0 Å². The summed E-state index contributed by atoms with van der Waals surface area (Å²) in [6.07, 6.45) is 1.61. The molecule has 7 heteroatoms. The number of aryl methyl sites for hydroxylation is 1. The van der Waals surface area contributed by atoms with E-state index in [1.165, 1.54) is 0 Å². The Hall–Kier alpha value is -2.57. The van der Waals surface area contributed by atoms with Crippen LogP contribution in [0.3, 0.4) is 0 Å². The van der Waals surface area contributed by atoms with Crippen LogP contribution in [-0.4, -0.2) is 16.5 Å². The average Bonchev–Trinajstić information content (AvgIpc) is 2.86. The van der Waals surface area contributed by atoms with Crippen molar-refractivity contribution in [3.63, 3.8) is 0 Å². The van der Waals surface area contributed by atoms with Crippen LogP contribution in [0.5, 0.6) is 5.75 Å². The van der Waals surface area contributed by atoms with Crippen molar-refractivity contribution in [2.75, 3.05) is 11.9 Å². The van der Waals surface area contributed by atoms with Crippen LogP contribution in [0.25, 0.3) is 0 Å². The van der Waals surface area contributed by atoms with Crippen LogP contribution in [0.1, 0.15) is 31.5 Å². The van der Waals surface area contributed by atoms with Crippen molar-refractivity contribution in [3.05, 3.63) is 46.2 Å². The van der Waals surface area contributed by atoms with Crippen molar-refractivity contribution in [1.29, 1.82) is 0 Å². The molecule has 0 saturated carbocycles. The number of para-hydroxylation sites is 1. The molecule has 1 aromatic carbocycles. The molecular weight excluding hydrogens is 274 g/mol. The smallest absolute Gasteiger partial charge is 0.333 e. The molecule has 0 aliphatic rings. The fraction of sp³-hybridized carbons (Fsp3) is 0.357. The van der Waals surface area contributed by atoms with Crippen molar-refractivity contribution in [3.8, 4) is 5.75 Å². The molecule has 1 unspecified atom stereocenters. The summed E-state index contributed by atoms with van der Waals surface area (Å²) in [5.41, 5.74) is 0.281. The van der Waals surface area contributed by atoms with Gasteiger partial charge in [0.25, 0.3) is 0 Å². The Labute approximate surface area is 122 Å². The van der Waals surface area contributed by atoms with Crippen molar-refractivity contribution in [2.45, 2.75) is 26.8 Å². The van der Waals surface area contributed by atoms with Gasteiger partial charge in [-0.2, -0.15) is 0 Å². The van der Waals surface area contributed by atoms with E-state index in [4.69, 9.17) is 9.15 Å². The Bertz CT molecular complexity index is 639. The van der Waals surface area contributed by atoms with Gasteiger partial charge in [0.1, 0.15) is 17.5 Å². The summed E-state index contributed by atoms with van der Waals surface area (Å²) >= 11 is 0. The Morgan fingerprint density at radius 2 is 2.29 bits per heavy atom. The number of nitrogens with one attached hydrogen (secondary N) is 1. The van der Waals surface area contributed by atoms with Gasteiger partial charge in [-0.15, -0.1) is 0 Å². The highest BCUT2D eigenvalue weighted by molar-refractivity contribution is 5.68. The van der Waals surface area contributed by atoms with Gasteiger partial charge in [-0.3, -0.25) is 10.1 Å². The van der Waals surface area contributed by atoms with E-state index in [1.54, 1.807) is 38.2 Å². The summed E-state index contributed by atoms with van der Waals surface area (Å²) < 4.78 is 10.7. The number of nitro benzene ring substituents is 1. The zero-order valence-corrected chi connectivity index (χ0v) is 12.1. The Balaban J connectivity index is 2.30. The normalized spacial score (nSPS) is 12.0. The molecule has 0 spiro atoms. The molecule has 1 heterocycles. The van der Waals surface area contributed by atoms with Gasteiger partial charge in [-0.05, 0) is 32.9 Å². The molecule has 0 saturated heterocycles. The fourth-order valence-corrected chi connectivity index (χ4v) is 1.97. The lowest BCUT2D eigenvalue weighted by Gasteiger charge is -2.13. The van der Waals surface area contributed by atoms with Gasteiger partial charge >= 0.3 is 5.69 Å². The van der Waals surface area contributed by atoms with E-state index in [2.05, 4.69) is 10.3 Å². The van der Waals surface area contributed by atoms with Crippen LogP contribution in [0.4, 0.5) is 11.4 Å². The predicted molar refractivity (Wildman–Crippen MR) is 77.5 cm³/mol. The number of oxazole rings is 1. The number of anilines is 1. The second-order valence-electron chi connectivity index (χ2n) is 4.52. The van der Waals surface area contributed by atoms with Gasteiger partial charge in [0.2, 0.25) is 5.89 Å². The second-order valence-corrected chi connectivity index (χ2v) is 4.52. The summed E-state index contributed by atoms with van der Waals surface area (Å²) in [5.74, 6) is 1.41. The maximum Gasteiger partial charge on any atom is 0.333 e. The topological polar surface area (TPSA) is 90.4 Å². The first-order valence-electron chi connectivity index (χ1n) is 6.62. The summed E-state index contributed by atoms with van der Waals surface area (Å²) in [5, 5.41) is 14.3. The van der Waals surface area contributed by atoms with Gasteiger partial charge < -0.3 is 14.5 Å². The largest absolute Gasteiger partial charge is 0.487 e. The monoisotopic (exact) mass is 291 g/mol. The van der Waals surface area contributed by atoms with E-state index in [0.717, 1.165) is 0 Å². The number of hydrogen-bond acceptors (Lipinski definition) is 6. The van der Waals surface area contributed by atoms with Crippen LogP contribution < -0.4 is 10.1 Å². The number of aromatic nitrogens is 1. The van der Waals surface area contributed by atoms with E-state index < -0.39 is 4.92 Å². The molecule has 2 rings (SSSR count). The lowest BCUT2D eigenvalue weighted by atomic mass is 10.2. The maximum absolute atomic E-state index is 11.3. The Morgan fingerprint density at radius 1 is 1.52 bits per heavy atom. The highest BCUT2D eigenvalue weighted by Gasteiger charge is 2.23. The third-order valence-corrected chi connectivity index (χ3v) is 2.86. The first kappa shape index (κ1) is 14.8. The highest BCUT2D eigenvalue weighted by Crippen LogP contribution is 2.36. The standard InChI is InChI=1S/C14H17N3O4/c1-4-20-12-7-5-6-11(13(12)17(18)19)16-10(3)14-15-8-9(2)21-14/h5-8,10,16H,4H2,1-3H3. The van der Waals surface area contributed by atoms with E-state index in [1.807, 2.05) is 6.92 Å². The number of hydrogen-bond donors (Lipinski definition) is 1. The number of rotatable bonds is 6. The zero-order chi connectivity index (χ0) is 15.4. The fourth-order valence-electron chi connectivity index (χ4n) is 1.97. The molecule has 0 amide bonds. The molecule has 0 bridgehead atoms. The Kier molecular flexibility index (Phi) is 4.42. The first-order valence-corrected chi connectivity index (χ1v) is 6.62. The third-order valence-electron chi connectivity index (χ3n) is 2.86. The Morgan fingerprint density at radius 3 is 2.86 bits per heavy atom. The molecule has 2 aromatic rings. The molecule has 1 atom stereocenters. The minimum absolute atomic E-state index is 0.0884. The average molecular weight is 291 g/mol. The van der Waals surface area contributed by atoms with Crippen molar-refractivity contribution in [1.82, 2.24) is 4.98 Å². The molecule has 0 radical (unpaired) electrons. The van der Waals surface area contributed by atoms with E-state index >= 15 is 0 Å². The SMILES string of the molecule is CCOc1cccc(NC(C)c2ncc(C)o2)c1[N+](=O)[O-]. The van der Waals surface area contributed by atoms with Crippen molar-refractivity contribution >= 4 is 11.4 Å². The van der Waals surface area contributed by atoms with Gasteiger partial charge in [0, 0.05) is 0 Å². The van der Waals surface area contributed by atoms with Crippen molar-refractivity contribution in [2.24, 2.45) is 0 Å². The zero-order valence-electron chi connectivity index (χ0n) is 12.1. The van der Waals surface area contributed by atoms with Crippen LogP contribution in [0.15, 0.2) is 28.8 Å². The molecule has 1 aromatic heterocycles. The molecule has 0 aliphatic heterocycles. The lowest BCUT2D eigenvalue weighted by Crippen LogP contribution is -2.09. The van der Waals surface area contributed by atoms with Crippen LogP contribution in [0.2, 0.25) is 0 Å². The minimum Gasteiger partial charge on any atom is -0.487 e. The second kappa shape index (κ2) is 6.25. The summed E-state index contributed by atoms with van der Waals surface area (Å²) in [6.45, 7) is 5.75. The molecule has 112 valence electrons. The third kappa shape index (κ3) is 3.31. The number of benzene rings is 1. The van der Waals surface area contributed by atoms with E-state index in [-0.39, 0.29) is 17.5 Å². The summed E-state index contributed by atoms with van der Waals surface area (Å²) in [6, 6.07) is 4.61. The van der Waals surface area contributed by atoms with Gasteiger partial charge in [-0.25, -0.2) is 4.98 Å². The van der Waals surface area contributed by atoms with Crippen LogP contribution in [-0.2, 0) is 0 Å². The summed E-state index contributed by atoms with van der Waals surface area (Å²) in [7, 11) is 0. The van der Waals surface area contributed by atoms with Gasteiger partial charge in [-0.1, -0.05) is 6.07 Å².